The van der Waals surface area contributed by atoms with E-state index in [-0.39, 0.29) is 72.9 Å². The first-order valence-electron chi connectivity index (χ1n) is 18.2. The highest BCUT2D eigenvalue weighted by Crippen LogP contribution is 2.32. The summed E-state index contributed by atoms with van der Waals surface area (Å²) >= 11 is 0. The van der Waals surface area contributed by atoms with E-state index >= 15 is 0 Å². The molecule has 1 fully saturated rings. The lowest BCUT2D eigenvalue weighted by molar-refractivity contribution is -0.157. The lowest BCUT2D eigenvalue weighted by Crippen LogP contribution is -2.54. The predicted molar refractivity (Wildman–Crippen MR) is 189 cm³/mol. The number of anilines is 1. The van der Waals surface area contributed by atoms with E-state index in [1.54, 1.807) is 0 Å². The van der Waals surface area contributed by atoms with Crippen LogP contribution in [0.4, 0.5) is 5.69 Å². The Balaban J connectivity index is 1.26. The number of piperidine rings is 1. The van der Waals surface area contributed by atoms with Gasteiger partial charge in [-0.15, -0.1) is 0 Å². The molecule has 0 bridgehead atoms. The van der Waals surface area contributed by atoms with Crippen LogP contribution in [0.1, 0.15) is 152 Å². The lowest BCUT2D eigenvalue weighted by atomic mass is 10.0. The van der Waals surface area contributed by atoms with Gasteiger partial charge in [0.15, 0.2) is 0 Å². The minimum absolute atomic E-state index is 0.00691. The second-order valence-electron chi connectivity index (χ2n) is 14.8. The second kappa shape index (κ2) is 19.3. The number of esters is 3. The third kappa shape index (κ3) is 13.5. The molecule has 14 nitrogen and oxygen atoms in total. The monoisotopic (exact) mass is 727 g/mol. The van der Waals surface area contributed by atoms with Gasteiger partial charge in [0.05, 0.1) is 23.4 Å². The van der Waals surface area contributed by atoms with E-state index in [2.05, 4.69) is 10.6 Å². The maximum Gasteiger partial charge on any atom is 0.306 e. The van der Waals surface area contributed by atoms with Gasteiger partial charge >= 0.3 is 17.9 Å². The Hall–Kier alpha value is -4.62. The zero-order chi connectivity index (χ0) is 38.5. The first-order valence-corrected chi connectivity index (χ1v) is 18.2. The average Bonchev–Trinajstić information content (AvgIpc) is 3.29. The highest BCUT2D eigenvalue weighted by Gasteiger charge is 2.45. The van der Waals surface area contributed by atoms with Crippen molar-refractivity contribution in [2.45, 2.75) is 148 Å². The molecule has 1 unspecified atom stereocenters. The molecule has 1 aromatic carbocycles. The highest BCUT2D eigenvalue weighted by molar-refractivity contribution is 6.26. The maximum atomic E-state index is 13.2. The number of nitrogens with one attached hydrogen (secondary N) is 2. The summed E-state index contributed by atoms with van der Waals surface area (Å²) in [6.45, 7) is 9.44. The third-order valence-electron chi connectivity index (χ3n) is 8.54. The number of rotatable bonds is 20. The molecular weight excluding hydrogens is 674 g/mol. The molecule has 0 aromatic heterocycles. The molecule has 0 saturated carbocycles. The average molecular weight is 728 g/mol. The number of amides is 5. The fraction of sp³-hybridized carbons (Fsp3) is 0.632. The van der Waals surface area contributed by atoms with Crippen LogP contribution in [0.3, 0.4) is 0 Å². The minimum atomic E-state index is -1.10. The lowest BCUT2D eigenvalue weighted by Gasteiger charge is -2.27. The van der Waals surface area contributed by atoms with Crippen molar-refractivity contribution in [1.82, 2.24) is 10.2 Å². The first-order chi connectivity index (χ1) is 24.5. The number of benzene rings is 1. The van der Waals surface area contributed by atoms with Crippen LogP contribution in [0.5, 0.6) is 0 Å². The maximum absolute atomic E-state index is 13.2. The minimum Gasteiger partial charge on any atom is -0.466 e. The molecule has 14 heteroatoms. The smallest absolute Gasteiger partial charge is 0.306 e. The number of carbonyl (C=O) groups excluding carboxylic acids is 8. The Kier molecular flexibility index (Phi) is 15.5. The normalized spacial score (nSPS) is 15.9. The zero-order valence-electron chi connectivity index (χ0n) is 31.1. The van der Waals surface area contributed by atoms with Gasteiger partial charge in [0.2, 0.25) is 17.7 Å². The summed E-state index contributed by atoms with van der Waals surface area (Å²) in [6, 6.07) is 3.41. The van der Waals surface area contributed by atoms with Gasteiger partial charge in [-0.25, -0.2) is 0 Å². The van der Waals surface area contributed by atoms with Crippen molar-refractivity contribution in [3.63, 3.8) is 0 Å². The van der Waals surface area contributed by atoms with Crippen molar-refractivity contribution in [2.75, 3.05) is 11.9 Å². The van der Waals surface area contributed by atoms with Crippen LogP contribution in [0, 0.1) is 0 Å². The van der Waals surface area contributed by atoms with Gasteiger partial charge in [-0.1, -0.05) is 18.9 Å². The van der Waals surface area contributed by atoms with E-state index in [9.17, 15) is 38.4 Å². The van der Waals surface area contributed by atoms with Gasteiger partial charge < -0.3 is 19.5 Å². The molecule has 1 aromatic rings. The van der Waals surface area contributed by atoms with Gasteiger partial charge in [-0.3, -0.25) is 48.6 Å². The Bertz CT molecular complexity index is 1510. The summed E-state index contributed by atoms with van der Waals surface area (Å²) in [6.07, 6.45) is 6.58. The van der Waals surface area contributed by atoms with Crippen LogP contribution < -0.4 is 10.6 Å². The molecule has 2 N–H and O–H groups in total. The van der Waals surface area contributed by atoms with Crippen molar-refractivity contribution >= 4 is 53.1 Å². The summed E-state index contributed by atoms with van der Waals surface area (Å²) in [5.41, 5.74) is -0.923. The summed E-state index contributed by atoms with van der Waals surface area (Å²) in [4.78, 5) is 99.8. The Morgan fingerprint density at radius 3 is 2.02 bits per heavy atom. The molecule has 1 atom stereocenters. The van der Waals surface area contributed by atoms with Crippen LogP contribution in [0.25, 0.3) is 0 Å². The Labute approximate surface area is 305 Å². The molecular formula is C38H53N3O11. The molecule has 2 aliphatic heterocycles. The highest BCUT2D eigenvalue weighted by atomic mass is 16.6. The van der Waals surface area contributed by atoms with E-state index < -0.39 is 40.9 Å². The number of unbranched alkanes of at least 4 members (excludes halogenated alkanes) is 5. The van der Waals surface area contributed by atoms with Gasteiger partial charge in [0.25, 0.3) is 11.8 Å². The molecule has 0 radical (unpaired) electrons. The van der Waals surface area contributed by atoms with Crippen LogP contribution in [0.15, 0.2) is 18.2 Å². The van der Waals surface area contributed by atoms with Crippen molar-refractivity contribution in [1.29, 1.82) is 0 Å². The molecule has 286 valence electrons. The Morgan fingerprint density at radius 1 is 0.769 bits per heavy atom. The number of imide groups is 2. The van der Waals surface area contributed by atoms with Crippen molar-refractivity contribution in [2.24, 2.45) is 0 Å². The number of carbonyl (C=O) groups is 8. The molecule has 3 rings (SSSR count). The van der Waals surface area contributed by atoms with Gasteiger partial charge in [0.1, 0.15) is 17.2 Å². The number of nitrogens with zero attached hydrogens (tertiary/aromatic N) is 1. The van der Waals surface area contributed by atoms with Gasteiger partial charge in [0, 0.05) is 32.1 Å². The number of hydrogen-bond donors (Lipinski definition) is 2. The number of ether oxygens (including phenoxy) is 3. The van der Waals surface area contributed by atoms with E-state index in [1.165, 1.54) is 18.2 Å². The predicted octanol–water partition coefficient (Wildman–Crippen LogP) is 5.30. The summed E-state index contributed by atoms with van der Waals surface area (Å²) < 4.78 is 16.2. The summed E-state index contributed by atoms with van der Waals surface area (Å²) in [5, 5.41) is 4.85. The van der Waals surface area contributed by atoms with Gasteiger partial charge in [-0.05, 0) is 98.1 Å². The molecule has 0 spiro atoms. The molecule has 0 aliphatic carbocycles. The van der Waals surface area contributed by atoms with Crippen LogP contribution >= 0.6 is 0 Å². The quantitative estimate of drug-likeness (QED) is 0.0766. The molecule has 1 saturated heterocycles. The molecule has 52 heavy (non-hydrogen) atoms. The third-order valence-corrected chi connectivity index (χ3v) is 8.54. The topological polar surface area (TPSA) is 192 Å². The van der Waals surface area contributed by atoms with Gasteiger partial charge in [-0.2, -0.15) is 0 Å². The van der Waals surface area contributed by atoms with E-state index in [1.807, 2.05) is 34.6 Å². The van der Waals surface area contributed by atoms with Crippen molar-refractivity contribution in [3.8, 4) is 0 Å². The van der Waals surface area contributed by atoms with E-state index in [0.717, 1.165) is 11.3 Å². The number of hydrogen-bond acceptors (Lipinski definition) is 11. The fourth-order valence-electron chi connectivity index (χ4n) is 5.99. The van der Waals surface area contributed by atoms with Crippen LogP contribution in [-0.4, -0.2) is 76.2 Å². The van der Waals surface area contributed by atoms with Crippen molar-refractivity contribution in [3.05, 3.63) is 29.3 Å². The van der Waals surface area contributed by atoms with Crippen LogP contribution in [0.2, 0.25) is 0 Å². The largest absolute Gasteiger partial charge is 0.466 e. The van der Waals surface area contributed by atoms with Crippen molar-refractivity contribution < 1.29 is 52.6 Å². The summed E-state index contributed by atoms with van der Waals surface area (Å²) in [5.74, 6) is -3.74. The second-order valence-corrected chi connectivity index (χ2v) is 14.8. The fourth-order valence-corrected chi connectivity index (χ4v) is 5.99. The SMILES string of the molecule is CC(C)(C)OC(=O)CCCCCC(=O)OCCCCC(C)(C)OC(=O)CCCCCC(=O)Nc1cccc2c1C(=O)N(C1CCC(=O)NC1=O)C2=O. The van der Waals surface area contributed by atoms with E-state index in [0.29, 0.717) is 64.2 Å². The number of fused-ring (bicyclic) bond motifs is 1. The molecule has 2 heterocycles. The molecule has 2 aliphatic rings. The van der Waals surface area contributed by atoms with Crippen LogP contribution in [-0.2, 0) is 43.0 Å². The molecule has 5 amide bonds. The Morgan fingerprint density at radius 2 is 1.38 bits per heavy atom. The first kappa shape index (κ1) is 41.8. The summed E-state index contributed by atoms with van der Waals surface area (Å²) in [7, 11) is 0. The standard InChI is InChI=1S/C38H53N3O11/c1-37(2,3)51-31(45)19-11-7-9-18-30(44)50-24-13-12-23-38(4,5)52-32(46)20-10-6-8-17-28(42)39-26-16-14-15-25-33(26)36(49)41(35(25)48)27-21-22-29(43)40-34(27)47/h14-16,27H,6-13,17-24H2,1-5H3,(H,39,42)(H,40,43,47). The zero-order valence-corrected chi connectivity index (χ0v) is 31.1. The van der Waals surface area contributed by atoms with E-state index in [4.69, 9.17) is 14.2 Å².